The number of alkyl halides is 6. The van der Waals surface area contributed by atoms with Gasteiger partial charge in [0.05, 0.1) is 0 Å². The third-order valence-corrected chi connectivity index (χ3v) is 12.3. The molecule has 1 N–H and O–H groups in total. The standard InChI is InChI=1S/C33H45F6NO2S/c1-31-19-27(34)30-25-10-9-24(41)18-22(25)17-21(29(30)26(31)11-12-28(31)42)7-3-2-4-14-40-15-5-8-23(40)20-43-16-6-13-32(35,36)33(37,38)39/h9-10,18,21,23,26-27,29-30,41H,2-8,11-17,19-20H2,1H3/t21-,23?,26+,27+,29+,30+,31+/m1/s1. The number of likely N-dealkylation sites (tertiary alicyclic amines) is 1. The van der Waals surface area contributed by atoms with E-state index in [1.807, 2.05) is 13.0 Å². The second-order valence-electron chi connectivity index (χ2n) is 13.7. The highest BCUT2D eigenvalue weighted by atomic mass is 32.2. The van der Waals surface area contributed by atoms with Gasteiger partial charge < -0.3 is 5.11 Å². The summed E-state index contributed by atoms with van der Waals surface area (Å²) in [5, 5.41) is 10.2. The van der Waals surface area contributed by atoms with E-state index in [4.69, 9.17) is 0 Å². The molecule has 5 rings (SSSR count). The first-order valence-corrected chi connectivity index (χ1v) is 17.2. The largest absolute Gasteiger partial charge is 0.508 e. The summed E-state index contributed by atoms with van der Waals surface area (Å²) in [4.78, 5) is 15.3. The summed E-state index contributed by atoms with van der Waals surface area (Å²) in [5.41, 5.74) is 1.48. The predicted octanol–water partition coefficient (Wildman–Crippen LogP) is 8.73. The molecule has 1 aromatic carbocycles. The van der Waals surface area contributed by atoms with Gasteiger partial charge in [0.2, 0.25) is 0 Å². The normalized spacial score (nSPS) is 33.0. The van der Waals surface area contributed by atoms with Gasteiger partial charge in [0.25, 0.3) is 0 Å². The van der Waals surface area contributed by atoms with Gasteiger partial charge in [0.1, 0.15) is 17.7 Å². The number of hydrogen-bond acceptors (Lipinski definition) is 4. The van der Waals surface area contributed by atoms with E-state index in [1.54, 1.807) is 12.1 Å². The number of Topliss-reactive ketones (excluding diaryl/α,β-unsaturated/α-hetero) is 1. The summed E-state index contributed by atoms with van der Waals surface area (Å²) >= 11 is 1.47. The zero-order chi connectivity index (χ0) is 31.0. The van der Waals surface area contributed by atoms with Crippen molar-refractivity contribution >= 4 is 17.5 Å². The summed E-state index contributed by atoms with van der Waals surface area (Å²) in [6.07, 6.45) is 0.731. The van der Waals surface area contributed by atoms with Gasteiger partial charge in [-0.1, -0.05) is 25.8 Å². The molecule has 3 nitrogen and oxygen atoms in total. The van der Waals surface area contributed by atoms with E-state index in [9.17, 15) is 31.9 Å². The van der Waals surface area contributed by atoms with E-state index in [0.717, 1.165) is 81.3 Å². The monoisotopic (exact) mass is 633 g/mol. The molecule has 1 aliphatic heterocycles. The number of halogens is 6. The number of unbranched alkanes of at least 4 members (excludes halogenated alkanes) is 2. The van der Waals surface area contributed by atoms with Crippen LogP contribution in [0.5, 0.6) is 5.75 Å². The van der Waals surface area contributed by atoms with Crippen molar-refractivity contribution in [3.8, 4) is 5.75 Å². The Kier molecular flexibility index (Phi) is 10.1. The van der Waals surface area contributed by atoms with E-state index < -0.39 is 30.1 Å². The SMILES string of the molecule is C[C@]12C[C@H](F)[C@@H]3c4ccc(O)cc4C[C@@H](CCCCCN4CCCC4CSCCCC(F)(F)C(F)(F)F)[C@H]3[C@@H]1CCC2=O. The number of benzene rings is 1. The number of thioether (sulfide) groups is 1. The highest BCUT2D eigenvalue weighted by Crippen LogP contribution is 2.62. The van der Waals surface area contributed by atoms with Crippen LogP contribution in [0.4, 0.5) is 26.3 Å². The lowest BCUT2D eigenvalue weighted by molar-refractivity contribution is -0.284. The average molecular weight is 634 g/mol. The Morgan fingerprint density at radius 2 is 1.88 bits per heavy atom. The number of ketones is 1. The number of carbonyl (C=O) groups is 1. The number of phenolic OH excluding ortho intramolecular Hbond substituents is 1. The van der Waals surface area contributed by atoms with Gasteiger partial charge in [0.15, 0.2) is 0 Å². The fourth-order valence-corrected chi connectivity index (χ4v) is 10.0. The van der Waals surface area contributed by atoms with Crippen LogP contribution in [0.2, 0.25) is 0 Å². The van der Waals surface area contributed by atoms with Gasteiger partial charge >= 0.3 is 12.1 Å². The fraction of sp³-hybridized carbons (Fsp3) is 0.788. The van der Waals surface area contributed by atoms with Crippen molar-refractivity contribution in [3.05, 3.63) is 29.3 Å². The number of fused-ring (bicyclic) bond motifs is 5. The van der Waals surface area contributed by atoms with Crippen molar-refractivity contribution in [3.63, 3.8) is 0 Å². The highest BCUT2D eigenvalue weighted by molar-refractivity contribution is 7.99. The molecule has 7 atom stereocenters. The summed E-state index contributed by atoms with van der Waals surface area (Å²) < 4.78 is 79.3. The molecule has 0 amide bonds. The lowest BCUT2D eigenvalue weighted by Crippen LogP contribution is -2.50. The molecule has 4 aliphatic rings. The second-order valence-corrected chi connectivity index (χ2v) is 14.9. The van der Waals surface area contributed by atoms with Crippen LogP contribution in [0.1, 0.15) is 94.6 Å². The summed E-state index contributed by atoms with van der Waals surface area (Å²) in [6, 6.07) is 5.68. The zero-order valence-electron chi connectivity index (χ0n) is 25.0. The highest BCUT2D eigenvalue weighted by Gasteiger charge is 2.60. The van der Waals surface area contributed by atoms with Gasteiger partial charge in [-0.15, -0.1) is 0 Å². The molecular formula is C33H45F6NO2S. The minimum Gasteiger partial charge on any atom is -0.508 e. The molecule has 1 saturated heterocycles. The molecule has 3 fully saturated rings. The van der Waals surface area contributed by atoms with Crippen LogP contribution in [0.15, 0.2) is 18.2 Å². The zero-order valence-corrected chi connectivity index (χ0v) is 25.8. The molecule has 1 unspecified atom stereocenters. The number of rotatable bonds is 12. The lowest BCUT2D eigenvalue weighted by atomic mass is 9.51. The van der Waals surface area contributed by atoms with Crippen molar-refractivity contribution in [2.45, 2.75) is 114 Å². The molecule has 0 radical (unpaired) electrons. The summed E-state index contributed by atoms with van der Waals surface area (Å²) in [5.74, 6) is -2.76. The number of phenols is 1. The first-order chi connectivity index (χ1) is 20.3. The maximum Gasteiger partial charge on any atom is 0.453 e. The van der Waals surface area contributed by atoms with Crippen molar-refractivity contribution in [2.24, 2.45) is 23.2 Å². The smallest absolute Gasteiger partial charge is 0.453 e. The molecule has 242 valence electrons. The second kappa shape index (κ2) is 13.1. The van der Waals surface area contributed by atoms with Gasteiger partial charge in [-0.25, -0.2) is 4.39 Å². The van der Waals surface area contributed by atoms with E-state index in [2.05, 4.69) is 4.90 Å². The van der Waals surface area contributed by atoms with E-state index in [1.165, 1.54) is 11.8 Å². The third kappa shape index (κ3) is 6.90. The maximum absolute atomic E-state index is 15.9. The van der Waals surface area contributed by atoms with Crippen LogP contribution < -0.4 is 0 Å². The molecule has 1 aromatic rings. The molecule has 10 heteroatoms. The Labute approximate surface area is 255 Å². The molecule has 0 spiro atoms. The molecule has 0 bridgehead atoms. The maximum atomic E-state index is 15.9. The van der Waals surface area contributed by atoms with Crippen LogP contribution in [-0.4, -0.2) is 64.7 Å². The number of hydrogen-bond donors (Lipinski definition) is 1. The fourth-order valence-electron chi connectivity index (χ4n) is 8.87. The molecule has 43 heavy (non-hydrogen) atoms. The van der Waals surface area contributed by atoms with Crippen LogP contribution in [-0.2, 0) is 11.2 Å². The molecule has 1 heterocycles. The number of nitrogens with zero attached hydrogens (tertiary/aromatic N) is 1. The molecule has 2 saturated carbocycles. The quantitative estimate of drug-likeness (QED) is 0.185. The molecule has 3 aliphatic carbocycles. The summed E-state index contributed by atoms with van der Waals surface area (Å²) in [7, 11) is 0. The van der Waals surface area contributed by atoms with Crippen LogP contribution in [0, 0.1) is 23.2 Å². The van der Waals surface area contributed by atoms with Crippen LogP contribution >= 0.6 is 11.8 Å². The van der Waals surface area contributed by atoms with Crippen molar-refractivity contribution in [2.75, 3.05) is 24.6 Å². The Morgan fingerprint density at radius 1 is 1.09 bits per heavy atom. The molecule has 0 aromatic heterocycles. The van der Waals surface area contributed by atoms with Gasteiger partial charge in [-0.05, 0) is 111 Å². The summed E-state index contributed by atoms with van der Waals surface area (Å²) in [6.45, 7) is 3.91. The van der Waals surface area contributed by atoms with Crippen molar-refractivity contribution in [1.82, 2.24) is 4.90 Å². The Morgan fingerprint density at radius 3 is 2.65 bits per heavy atom. The first-order valence-electron chi connectivity index (χ1n) is 16.1. The average Bonchev–Trinajstić information content (AvgIpc) is 3.50. The van der Waals surface area contributed by atoms with E-state index >= 15 is 4.39 Å². The number of aromatic hydroxyl groups is 1. The van der Waals surface area contributed by atoms with Crippen molar-refractivity contribution in [1.29, 1.82) is 0 Å². The topological polar surface area (TPSA) is 40.5 Å². The minimum atomic E-state index is -5.48. The van der Waals surface area contributed by atoms with Crippen LogP contribution in [0.3, 0.4) is 0 Å². The first kappa shape index (κ1) is 33.0. The van der Waals surface area contributed by atoms with Gasteiger partial charge in [0, 0.05) is 36.0 Å². The van der Waals surface area contributed by atoms with E-state index in [-0.39, 0.29) is 41.6 Å². The van der Waals surface area contributed by atoms with Crippen molar-refractivity contribution < 1.29 is 36.2 Å². The lowest BCUT2D eigenvalue weighted by Gasteiger charge is -2.53. The van der Waals surface area contributed by atoms with Gasteiger partial charge in [-0.3, -0.25) is 9.69 Å². The Balaban J connectivity index is 1.10. The van der Waals surface area contributed by atoms with Gasteiger partial charge in [-0.2, -0.15) is 33.7 Å². The van der Waals surface area contributed by atoms with E-state index in [0.29, 0.717) is 24.6 Å². The number of carbonyl (C=O) groups excluding carboxylic acids is 1. The van der Waals surface area contributed by atoms with Crippen LogP contribution in [0.25, 0.3) is 0 Å². The molecular weight excluding hydrogens is 588 g/mol. The Bertz CT molecular complexity index is 1130. The third-order valence-electron chi connectivity index (χ3n) is 11.1. The Hall–Kier alpha value is -1.42. The minimum absolute atomic E-state index is 0.133. The predicted molar refractivity (Wildman–Crippen MR) is 158 cm³/mol.